The predicted octanol–water partition coefficient (Wildman–Crippen LogP) is 3.33. The Morgan fingerprint density at radius 2 is 1.75 bits per heavy atom. The fraction of sp³-hybridized carbons (Fsp3) is 0.529. The van der Waals surface area contributed by atoms with Crippen LogP contribution < -0.4 is 0 Å². The lowest BCUT2D eigenvalue weighted by Crippen LogP contribution is -2.49. The maximum absolute atomic E-state index is 13.0. The summed E-state index contributed by atoms with van der Waals surface area (Å²) in [6.07, 6.45) is 2.31. The minimum Gasteiger partial charge on any atom is -0.301 e. The molecule has 152 valence electrons. The summed E-state index contributed by atoms with van der Waals surface area (Å²) < 4.78 is 32.1. The molecular weight excluding hydrogens is 441 g/mol. The van der Waals surface area contributed by atoms with Gasteiger partial charge in [-0.1, -0.05) is 29.3 Å². The topological polar surface area (TPSA) is 63.4 Å². The van der Waals surface area contributed by atoms with Crippen molar-refractivity contribution in [1.82, 2.24) is 23.6 Å². The third-order valence-corrected chi connectivity index (χ3v) is 8.40. The highest BCUT2D eigenvalue weighted by atomic mass is 35.5. The highest BCUT2D eigenvalue weighted by Crippen LogP contribution is 2.36. The molecule has 1 aliphatic carbocycles. The van der Waals surface area contributed by atoms with E-state index in [0.29, 0.717) is 38.9 Å². The highest BCUT2D eigenvalue weighted by molar-refractivity contribution is 7.89. The van der Waals surface area contributed by atoms with Crippen molar-refractivity contribution in [2.75, 3.05) is 26.2 Å². The van der Waals surface area contributed by atoms with E-state index in [4.69, 9.17) is 35.4 Å². The Kier molecular flexibility index (Phi) is 5.58. The molecule has 0 spiro atoms. The summed E-state index contributed by atoms with van der Waals surface area (Å²) >= 11 is 17.8. The second-order valence-corrected chi connectivity index (χ2v) is 10.2. The zero-order chi connectivity index (χ0) is 20.1. The number of aryl methyl sites for hydroxylation is 1. The van der Waals surface area contributed by atoms with Gasteiger partial charge in [-0.05, 0) is 44.1 Å². The molecule has 1 aromatic heterocycles. The van der Waals surface area contributed by atoms with Crippen molar-refractivity contribution in [3.8, 4) is 0 Å². The first-order valence-corrected chi connectivity index (χ1v) is 11.7. The molecule has 0 radical (unpaired) electrons. The number of hydrogen-bond donors (Lipinski definition) is 0. The molecule has 4 rings (SSSR count). The van der Waals surface area contributed by atoms with Gasteiger partial charge >= 0.3 is 0 Å². The average molecular weight is 462 g/mol. The van der Waals surface area contributed by atoms with E-state index in [1.54, 1.807) is 6.07 Å². The summed E-state index contributed by atoms with van der Waals surface area (Å²) in [4.78, 5) is 2.13. The van der Waals surface area contributed by atoms with Crippen LogP contribution in [0.3, 0.4) is 0 Å². The van der Waals surface area contributed by atoms with Crippen LogP contribution in [0.4, 0.5) is 0 Å². The lowest BCUT2D eigenvalue weighted by molar-refractivity contribution is 0.144. The van der Waals surface area contributed by atoms with E-state index in [1.807, 2.05) is 11.6 Å². The van der Waals surface area contributed by atoms with Gasteiger partial charge in [0.25, 0.3) is 0 Å². The Morgan fingerprint density at radius 1 is 1.14 bits per heavy atom. The zero-order valence-electron chi connectivity index (χ0n) is 15.4. The van der Waals surface area contributed by atoms with E-state index < -0.39 is 10.0 Å². The number of aromatic nitrogens is 3. The Hall–Kier alpha value is -0.970. The molecule has 2 fully saturated rings. The smallest absolute Gasteiger partial charge is 0.246 e. The molecule has 0 N–H and O–H groups in total. The summed E-state index contributed by atoms with van der Waals surface area (Å²) in [7, 11) is -3.74. The minimum absolute atomic E-state index is 0.0206. The Balaban J connectivity index is 1.45. The molecule has 7 nitrogen and oxygen atoms in total. The van der Waals surface area contributed by atoms with Crippen LogP contribution in [0.15, 0.2) is 23.1 Å². The number of rotatable bonds is 5. The molecule has 1 saturated carbocycles. The molecule has 2 heterocycles. The lowest BCUT2D eigenvalue weighted by atomic mass is 10.4. The van der Waals surface area contributed by atoms with E-state index in [1.165, 1.54) is 16.4 Å². The number of piperazine rings is 1. The zero-order valence-corrected chi connectivity index (χ0v) is 18.5. The van der Waals surface area contributed by atoms with Crippen molar-refractivity contribution in [3.05, 3.63) is 38.8 Å². The van der Waals surface area contributed by atoms with Crippen molar-refractivity contribution in [2.24, 2.45) is 0 Å². The van der Waals surface area contributed by atoms with Crippen LogP contribution >= 0.6 is 35.4 Å². The van der Waals surface area contributed by atoms with Gasteiger partial charge in [0.15, 0.2) is 4.77 Å². The van der Waals surface area contributed by atoms with Gasteiger partial charge in [0.05, 0.1) is 16.7 Å². The van der Waals surface area contributed by atoms with E-state index in [9.17, 15) is 8.42 Å². The summed E-state index contributed by atoms with van der Waals surface area (Å²) in [6, 6.07) is 5.20. The van der Waals surface area contributed by atoms with Gasteiger partial charge in [-0.2, -0.15) is 9.40 Å². The van der Waals surface area contributed by atoms with Crippen molar-refractivity contribution in [2.45, 2.75) is 37.4 Å². The average Bonchev–Trinajstić information content (AvgIpc) is 3.42. The third-order valence-electron chi connectivity index (χ3n) is 5.14. The van der Waals surface area contributed by atoms with Crippen LogP contribution in [0.25, 0.3) is 0 Å². The number of hydrogen-bond acceptors (Lipinski definition) is 5. The van der Waals surface area contributed by atoms with Crippen LogP contribution in [-0.4, -0.2) is 58.1 Å². The molecule has 0 bridgehead atoms. The van der Waals surface area contributed by atoms with Gasteiger partial charge in [-0.15, -0.1) is 0 Å². The second-order valence-electron chi connectivity index (χ2n) is 7.14. The quantitative estimate of drug-likeness (QED) is 0.638. The van der Waals surface area contributed by atoms with Gasteiger partial charge in [0.2, 0.25) is 10.0 Å². The van der Waals surface area contributed by atoms with Gasteiger partial charge in [-0.25, -0.2) is 13.1 Å². The summed E-state index contributed by atoms with van der Waals surface area (Å²) in [6.45, 7) is 4.42. The van der Waals surface area contributed by atoms with Crippen molar-refractivity contribution in [1.29, 1.82) is 0 Å². The predicted molar refractivity (Wildman–Crippen MR) is 111 cm³/mol. The first-order chi connectivity index (χ1) is 13.3. The van der Waals surface area contributed by atoms with E-state index in [0.717, 1.165) is 23.4 Å². The molecule has 2 aromatic rings. The van der Waals surface area contributed by atoms with Gasteiger partial charge in [0, 0.05) is 32.2 Å². The molecular formula is C17H21Cl2N5O2S2. The summed E-state index contributed by atoms with van der Waals surface area (Å²) in [5.41, 5.74) is 0. The van der Waals surface area contributed by atoms with E-state index >= 15 is 0 Å². The number of benzene rings is 1. The molecule has 2 aliphatic rings. The van der Waals surface area contributed by atoms with Crippen LogP contribution in [0.5, 0.6) is 0 Å². The largest absolute Gasteiger partial charge is 0.301 e. The molecule has 0 amide bonds. The van der Waals surface area contributed by atoms with Crippen LogP contribution in [0.1, 0.15) is 24.7 Å². The first kappa shape index (κ1) is 20.3. The van der Waals surface area contributed by atoms with Crippen molar-refractivity contribution >= 4 is 45.4 Å². The lowest BCUT2D eigenvalue weighted by Gasteiger charge is -2.33. The van der Waals surface area contributed by atoms with Crippen molar-refractivity contribution < 1.29 is 8.42 Å². The Labute approximate surface area is 179 Å². The fourth-order valence-corrected chi connectivity index (χ4v) is 6.43. The molecule has 1 saturated heterocycles. The molecule has 28 heavy (non-hydrogen) atoms. The van der Waals surface area contributed by atoms with Gasteiger partial charge < -0.3 is 4.57 Å². The molecule has 0 atom stereocenters. The second kappa shape index (κ2) is 7.70. The molecule has 1 aliphatic heterocycles. The van der Waals surface area contributed by atoms with Crippen LogP contribution in [0.2, 0.25) is 10.0 Å². The number of nitrogens with zero attached hydrogens (tertiary/aromatic N) is 5. The maximum Gasteiger partial charge on any atom is 0.246 e. The van der Waals surface area contributed by atoms with Gasteiger partial charge in [0.1, 0.15) is 10.7 Å². The number of sulfonamides is 1. The number of halogens is 2. The van der Waals surface area contributed by atoms with Crippen LogP contribution in [-0.2, 0) is 16.7 Å². The fourth-order valence-electron chi connectivity index (χ4n) is 3.53. The molecule has 11 heteroatoms. The third kappa shape index (κ3) is 3.76. The Bertz CT molecular complexity index is 1030. The first-order valence-electron chi connectivity index (χ1n) is 9.11. The molecule has 0 unspecified atom stereocenters. The molecule has 1 aromatic carbocycles. The summed E-state index contributed by atoms with van der Waals surface area (Å²) in [5, 5.41) is 4.85. The van der Waals surface area contributed by atoms with Crippen molar-refractivity contribution in [3.63, 3.8) is 0 Å². The Morgan fingerprint density at radius 3 is 2.32 bits per heavy atom. The van der Waals surface area contributed by atoms with Gasteiger partial charge in [-0.3, -0.25) is 4.90 Å². The van der Waals surface area contributed by atoms with E-state index in [2.05, 4.69) is 14.6 Å². The normalized spacial score (nSPS) is 19.2. The summed E-state index contributed by atoms with van der Waals surface area (Å²) in [5.74, 6) is 0.932. The maximum atomic E-state index is 13.0. The monoisotopic (exact) mass is 461 g/mol. The standard InChI is InChI=1S/C17H21Cl2N5O2S2/c1-12-20-23(17(27)24(12)13-5-6-13)11-21-7-9-22(10-8-21)28(25,26)16-14(18)3-2-4-15(16)19/h2-4,13H,5-11H2,1H3. The highest BCUT2D eigenvalue weighted by Gasteiger charge is 2.32. The minimum atomic E-state index is -3.74. The van der Waals surface area contributed by atoms with E-state index in [-0.39, 0.29) is 14.9 Å². The SMILES string of the molecule is Cc1nn(CN2CCN(S(=O)(=O)c3c(Cl)cccc3Cl)CC2)c(=S)n1C1CC1. The van der Waals surface area contributed by atoms with Crippen LogP contribution in [0, 0.1) is 11.7 Å².